The Kier molecular flexibility index (Phi) is 4.24. The fourth-order valence-electron chi connectivity index (χ4n) is 2.64. The summed E-state index contributed by atoms with van der Waals surface area (Å²) in [5.41, 5.74) is 2.34. The minimum absolute atomic E-state index is 0.0751. The molecule has 0 aliphatic heterocycles. The highest BCUT2D eigenvalue weighted by molar-refractivity contribution is 9.10. The molecule has 1 aromatic heterocycles. The van der Waals surface area contributed by atoms with Crippen LogP contribution in [-0.4, -0.2) is 12.0 Å². The third-order valence-corrected chi connectivity index (χ3v) is 4.21. The lowest BCUT2D eigenvalue weighted by molar-refractivity contribution is 0.696. The Morgan fingerprint density at radius 2 is 2.05 bits per heavy atom. The molecule has 3 rings (SSSR count). The van der Waals surface area contributed by atoms with E-state index in [2.05, 4.69) is 56.6 Å². The lowest BCUT2D eigenvalue weighted by Gasteiger charge is -2.20. The number of fused-ring (bicyclic) bond motifs is 1. The van der Waals surface area contributed by atoms with Crippen molar-refractivity contribution >= 4 is 38.3 Å². The summed E-state index contributed by atoms with van der Waals surface area (Å²) in [5.74, 6) is 0. The molecule has 1 N–H and O–H groups in total. The molecule has 1 heterocycles. The van der Waals surface area contributed by atoms with Crippen LogP contribution in [0, 0.1) is 0 Å². The van der Waals surface area contributed by atoms with Crippen LogP contribution in [0.4, 0.5) is 0 Å². The predicted octanol–water partition coefficient (Wildman–Crippen LogP) is 4.96. The van der Waals surface area contributed by atoms with Gasteiger partial charge in [-0.2, -0.15) is 0 Å². The maximum Gasteiger partial charge on any atom is 0.0581 e. The van der Waals surface area contributed by atoms with Gasteiger partial charge in [0.1, 0.15) is 0 Å². The molecule has 0 aliphatic carbocycles. The number of halogens is 2. The molecular formula is C17H14BrClN2. The van der Waals surface area contributed by atoms with E-state index in [1.54, 1.807) is 0 Å². The third-order valence-electron chi connectivity index (χ3n) is 3.53. The normalized spacial score (nSPS) is 12.5. The molecule has 0 saturated heterocycles. The molecule has 1 atom stereocenters. The molecule has 0 fully saturated rings. The van der Waals surface area contributed by atoms with Crippen molar-refractivity contribution in [1.29, 1.82) is 0 Å². The van der Waals surface area contributed by atoms with E-state index in [0.717, 1.165) is 20.4 Å². The quantitative estimate of drug-likeness (QED) is 0.713. The second-order valence-corrected chi connectivity index (χ2v) is 6.22. The van der Waals surface area contributed by atoms with Crippen LogP contribution < -0.4 is 5.32 Å². The zero-order valence-electron chi connectivity index (χ0n) is 11.5. The molecule has 21 heavy (non-hydrogen) atoms. The summed E-state index contributed by atoms with van der Waals surface area (Å²) in [7, 11) is 1.96. The van der Waals surface area contributed by atoms with Gasteiger partial charge in [-0.05, 0) is 47.8 Å². The van der Waals surface area contributed by atoms with Gasteiger partial charge in [0.2, 0.25) is 0 Å². The third kappa shape index (κ3) is 2.95. The summed E-state index contributed by atoms with van der Waals surface area (Å²) in [4.78, 5) is 4.19. The fraction of sp³-hybridized carbons (Fsp3) is 0.118. The van der Waals surface area contributed by atoms with Crippen LogP contribution in [-0.2, 0) is 0 Å². The van der Waals surface area contributed by atoms with E-state index in [1.165, 1.54) is 10.9 Å². The standard InChI is InChI=1S/C17H14BrClN2/c1-20-17(12-7-13(18)9-14(19)8-12)16-4-2-3-11-10-21-6-5-15(11)16/h2-10,17,20H,1H3. The lowest BCUT2D eigenvalue weighted by atomic mass is 9.94. The first-order valence-electron chi connectivity index (χ1n) is 6.65. The van der Waals surface area contributed by atoms with Crippen molar-refractivity contribution in [2.75, 3.05) is 7.05 Å². The number of rotatable bonds is 3. The lowest BCUT2D eigenvalue weighted by Crippen LogP contribution is -2.18. The van der Waals surface area contributed by atoms with Crippen molar-refractivity contribution in [3.8, 4) is 0 Å². The molecule has 0 amide bonds. The Bertz CT molecular complexity index is 763. The van der Waals surface area contributed by atoms with Gasteiger partial charge < -0.3 is 5.32 Å². The van der Waals surface area contributed by atoms with Gasteiger partial charge in [-0.15, -0.1) is 0 Å². The van der Waals surface area contributed by atoms with Gasteiger partial charge in [-0.1, -0.05) is 45.7 Å². The van der Waals surface area contributed by atoms with Crippen molar-refractivity contribution in [3.05, 3.63) is 75.5 Å². The molecule has 0 saturated carbocycles. The van der Waals surface area contributed by atoms with Crippen molar-refractivity contribution in [3.63, 3.8) is 0 Å². The molecule has 0 aliphatic rings. The maximum atomic E-state index is 6.19. The van der Waals surface area contributed by atoms with E-state index in [1.807, 2.05) is 31.6 Å². The smallest absolute Gasteiger partial charge is 0.0581 e. The van der Waals surface area contributed by atoms with Crippen molar-refractivity contribution < 1.29 is 0 Å². The first-order chi connectivity index (χ1) is 10.2. The van der Waals surface area contributed by atoms with Gasteiger partial charge in [0, 0.05) is 27.3 Å². The zero-order chi connectivity index (χ0) is 14.8. The van der Waals surface area contributed by atoms with Gasteiger partial charge in [0.15, 0.2) is 0 Å². The van der Waals surface area contributed by atoms with Gasteiger partial charge in [-0.25, -0.2) is 0 Å². The molecule has 4 heteroatoms. The number of hydrogen-bond donors (Lipinski definition) is 1. The number of nitrogens with one attached hydrogen (secondary N) is 1. The minimum Gasteiger partial charge on any atom is -0.309 e. The Morgan fingerprint density at radius 1 is 1.19 bits per heavy atom. The number of benzene rings is 2. The Morgan fingerprint density at radius 3 is 2.81 bits per heavy atom. The molecule has 3 aromatic rings. The van der Waals surface area contributed by atoms with Gasteiger partial charge >= 0.3 is 0 Å². The Hall–Kier alpha value is -1.42. The Balaban J connectivity index is 2.18. The Labute approximate surface area is 137 Å². The largest absolute Gasteiger partial charge is 0.309 e. The van der Waals surface area contributed by atoms with E-state index >= 15 is 0 Å². The number of nitrogens with zero attached hydrogens (tertiary/aromatic N) is 1. The van der Waals surface area contributed by atoms with Gasteiger partial charge in [0.25, 0.3) is 0 Å². The minimum atomic E-state index is 0.0751. The topological polar surface area (TPSA) is 24.9 Å². The van der Waals surface area contributed by atoms with Crippen LogP contribution in [0.15, 0.2) is 59.3 Å². The van der Waals surface area contributed by atoms with E-state index in [0.29, 0.717) is 0 Å². The monoisotopic (exact) mass is 360 g/mol. The van der Waals surface area contributed by atoms with Crippen LogP contribution in [0.25, 0.3) is 10.8 Å². The van der Waals surface area contributed by atoms with Crippen molar-refractivity contribution in [2.24, 2.45) is 0 Å². The first-order valence-corrected chi connectivity index (χ1v) is 7.82. The van der Waals surface area contributed by atoms with Crippen molar-refractivity contribution in [1.82, 2.24) is 10.3 Å². The molecule has 2 aromatic carbocycles. The van der Waals surface area contributed by atoms with Crippen LogP contribution in [0.3, 0.4) is 0 Å². The van der Waals surface area contributed by atoms with Crippen LogP contribution >= 0.6 is 27.5 Å². The summed E-state index contributed by atoms with van der Waals surface area (Å²) in [6.07, 6.45) is 3.71. The molecule has 0 spiro atoms. The molecule has 106 valence electrons. The zero-order valence-corrected chi connectivity index (χ0v) is 13.8. The summed E-state index contributed by atoms with van der Waals surface area (Å²) in [6, 6.07) is 14.4. The van der Waals surface area contributed by atoms with Crippen LogP contribution in [0.1, 0.15) is 17.2 Å². The highest BCUT2D eigenvalue weighted by atomic mass is 79.9. The van der Waals surface area contributed by atoms with E-state index in [4.69, 9.17) is 11.6 Å². The molecule has 1 unspecified atom stereocenters. The predicted molar refractivity (Wildman–Crippen MR) is 91.8 cm³/mol. The number of aromatic nitrogens is 1. The molecule has 0 bridgehead atoms. The molecule has 2 nitrogen and oxygen atoms in total. The average molecular weight is 362 g/mol. The fourth-order valence-corrected chi connectivity index (χ4v) is 3.53. The van der Waals surface area contributed by atoms with E-state index < -0.39 is 0 Å². The molecule has 0 radical (unpaired) electrons. The van der Waals surface area contributed by atoms with E-state index in [-0.39, 0.29) is 6.04 Å². The summed E-state index contributed by atoms with van der Waals surface area (Å²) < 4.78 is 0.979. The van der Waals surface area contributed by atoms with Crippen LogP contribution in [0.2, 0.25) is 5.02 Å². The number of pyridine rings is 1. The SMILES string of the molecule is CNC(c1cc(Cl)cc(Br)c1)c1cccc2cnccc12. The average Bonchev–Trinajstić information content (AvgIpc) is 2.47. The highest BCUT2D eigenvalue weighted by Crippen LogP contribution is 2.31. The summed E-state index contributed by atoms with van der Waals surface area (Å²) in [5, 5.41) is 6.44. The number of hydrogen-bond acceptors (Lipinski definition) is 2. The highest BCUT2D eigenvalue weighted by Gasteiger charge is 2.15. The maximum absolute atomic E-state index is 6.19. The second-order valence-electron chi connectivity index (χ2n) is 4.87. The van der Waals surface area contributed by atoms with Crippen LogP contribution in [0.5, 0.6) is 0 Å². The van der Waals surface area contributed by atoms with Gasteiger partial charge in [-0.3, -0.25) is 4.98 Å². The van der Waals surface area contributed by atoms with E-state index in [9.17, 15) is 0 Å². The first kappa shape index (κ1) is 14.5. The van der Waals surface area contributed by atoms with Gasteiger partial charge in [0.05, 0.1) is 6.04 Å². The summed E-state index contributed by atoms with van der Waals surface area (Å²) in [6.45, 7) is 0. The molecular weight excluding hydrogens is 348 g/mol. The van der Waals surface area contributed by atoms with Crippen molar-refractivity contribution in [2.45, 2.75) is 6.04 Å². The second kappa shape index (κ2) is 6.14. The summed E-state index contributed by atoms with van der Waals surface area (Å²) >= 11 is 9.70.